The summed E-state index contributed by atoms with van der Waals surface area (Å²) in [5.41, 5.74) is 0.0590. The van der Waals surface area contributed by atoms with Crippen molar-refractivity contribution < 1.29 is 17.7 Å². The first-order valence-electron chi connectivity index (χ1n) is 6.30. The molecule has 2 heterocycles. The number of hydrogen-bond donors (Lipinski definition) is 1. The van der Waals surface area contributed by atoms with Gasteiger partial charge in [0.1, 0.15) is 0 Å². The molecular weight excluding hydrogens is 279 g/mol. The number of sulfonamides is 1. The maximum Gasteiger partial charge on any atom is 0.514 e. The average molecular weight is 298 g/mol. The van der Waals surface area contributed by atoms with Gasteiger partial charge in [-0.05, 0) is 39.8 Å². The van der Waals surface area contributed by atoms with Crippen molar-refractivity contribution in [1.29, 1.82) is 0 Å². The van der Waals surface area contributed by atoms with Gasteiger partial charge in [0, 0.05) is 6.20 Å². The van der Waals surface area contributed by atoms with E-state index in [0.717, 1.165) is 6.26 Å². The Labute approximate surface area is 120 Å². The standard InChI is InChI=1S/C12H19BN2O4S/c1-11(2)12(3,4)19-13(18-11)10-8-9(6-7-14-10)15-20(5,16)17/h6-8H,1-5H3,(H,14,15). The van der Waals surface area contributed by atoms with Crippen molar-refractivity contribution in [3.63, 3.8) is 0 Å². The third-order valence-corrected chi connectivity index (χ3v) is 4.19. The van der Waals surface area contributed by atoms with E-state index in [9.17, 15) is 8.42 Å². The topological polar surface area (TPSA) is 77.5 Å². The zero-order chi connectivity index (χ0) is 15.2. The lowest BCUT2D eigenvalue weighted by atomic mass is 9.84. The van der Waals surface area contributed by atoms with Crippen LogP contribution in [0, 0.1) is 0 Å². The Morgan fingerprint density at radius 2 is 1.75 bits per heavy atom. The fourth-order valence-electron chi connectivity index (χ4n) is 1.82. The van der Waals surface area contributed by atoms with Crippen LogP contribution in [-0.2, 0) is 19.3 Å². The van der Waals surface area contributed by atoms with Crippen LogP contribution < -0.4 is 10.3 Å². The van der Waals surface area contributed by atoms with E-state index in [1.165, 1.54) is 6.20 Å². The average Bonchev–Trinajstić information content (AvgIpc) is 2.46. The highest BCUT2D eigenvalue weighted by Crippen LogP contribution is 2.36. The Balaban J connectivity index is 2.25. The molecule has 0 aliphatic carbocycles. The Hall–Kier alpha value is -1.12. The van der Waals surface area contributed by atoms with Crippen LogP contribution in [0.3, 0.4) is 0 Å². The maximum absolute atomic E-state index is 11.2. The minimum atomic E-state index is -3.32. The fourth-order valence-corrected chi connectivity index (χ4v) is 2.37. The number of anilines is 1. The van der Waals surface area contributed by atoms with Crippen molar-refractivity contribution in [2.24, 2.45) is 0 Å². The fraction of sp³-hybridized carbons (Fsp3) is 0.583. The van der Waals surface area contributed by atoms with Crippen molar-refractivity contribution in [3.05, 3.63) is 18.3 Å². The summed E-state index contributed by atoms with van der Waals surface area (Å²) in [4.78, 5) is 4.20. The summed E-state index contributed by atoms with van der Waals surface area (Å²) in [6.07, 6.45) is 2.62. The molecule has 0 amide bonds. The predicted molar refractivity (Wildman–Crippen MR) is 78.4 cm³/mol. The Bertz CT molecular complexity index is 600. The van der Waals surface area contributed by atoms with Crippen molar-refractivity contribution in [2.45, 2.75) is 38.9 Å². The van der Waals surface area contributed by atoms with Crippen LogP contribution in [0.5, 0.6) is 0 Å². The molecule has 8 heteroatoms. The SMILES string of the molecule is CC1(C)OB(c2cc(NS(C)(=O)=O)ccn2)OC1(C)C. The van der Waals surface area contributed by atoms with E-state index in [-0.39, 0.29) is 0 Å². The highest BCUT2D eigenvalue weighted by molar-refractivity contribution is 7.92. The van der Waals surface area contributed by atoms with Gasteiger partial charge in [0.25, 0.3) is 0 Å². The third kappa shape index (κ3) is 3.13. The number of nitrogens with one attached hydrogen (secondary N) is 1. The lowest BCUT2D eigenvalue weighted by Crippen LogP contribution is -2.41. The van der Waals surface area contributed by atoms with Crippen molar-refractivity contribution >= 4 is 28.4 Å². The highest BCUT2D eigenvalue weighted by Gasteiger charge is 2.52. The Kier molecular flexibility index (Phi) is 3.60. The molecule has 0 radical (unpaired) electrons. The molecule has 0 atom stereocenters. The second-order valence-electron chi connectivity index (χ2n) is 5.93. The van der Waals surface area contributed by atoms with E-state index < -0.39 is 28.3 Å². The van der Waals surface area contributed by atoms with Crippen molar-refractivity contribution in [2.75, 3.05) is 11.0 Å². The largest absolute Gasteiger partial charge is 0.514 e. The normalized spacial score (nSPS) is 20.9. The summed E-state index contributed by atoms with van der Waals surface area (Å²) >= 11 is 0. The predicted octanol–water partition coefficient (Wildman–Crippen LogP) is 0.752. The zero-order valence-corrected chi connectivity index (χ0v) is 13.1. The first-order chi connectivity index (χ1) is 9.00. The molecule has 1 fully saturated rings. The summed E-state index contributed by atoms with van der Waals surface area (Å²) in [5.74, 6) is 0. The van der Waals surface area contributed by atoms with E-state index in [1.54, 1.807) is 12.1 Å². The highest BCUT2D eigenvalue weighted by atomic mass is 32.2. The van der Waals surface area contributed by atoms with Crippen LogP contribution in [0.1, 0.15) is 27.7 Å². The minimum Gasteiger partial charge on any atom is -0.398 e. The minimum absolute atomic E-state index is 0.437. The Morgan fingerprint density at radius 3 is 2.25 bits per heavy atom. The third-order valence-electron chi connectivity index (χ3n) is 3.58. The number of hydrogen-bond acceptors (Lipinski definition) is 5. The molecule has 6 nitrogen and oxygen atoms in total. The number of rotatable bonds is 3. The molecule has 1 aromatic rings. The van der Waals surface area contributed by atoms with Crippen LogP contribution in [0.4, 0.5) is 5.69 Å². The first-order valence-corrected chi connectivity index (χ1v) is 8.19. The van der Waals surface area contributed by atoms with Crippen molar-refractivity contribution in [3.8, 4) is 0 Å². The molecule has 0 aromatic carbocycles. The first kappa shape index (κ1) is 15.3. The van der Waals surface area contributed by atoms with Crippen molar-refractivity contribution in [1.82, 2.24) is 4.98 Å². The number of pyridine rings is 1. The molecule has 110 valence electrons. The Morgan fingerprint density at radius 1 is 1.20 bits per heavy atom. The van der Waals surface area contributed by atoms with Gasteiger partial charge in [0.2, 0.25) is 10.0 Å². The van der Waals surface area contributed by atoms with E-state index in [4.69, 9.17) is 9.31 Å². The molecule has 1 saturated heterocycles. The second kappa shape index (κ2) is 4.72. The molecular formula is C12H19BN2O4S. The van der Waals surface area contributed by atoms with Crippen LogP contribution in [0.2, 0.25) is 0 Å². The van der Waals surface area contributed by atoms with E-state index >= 15 is 0 Å². The molecule has 0 saturated carbocycles. The van der Waals surface area contributed by atoms with Crippen LogP contribution in [0.15, 0.2) is 18.3 Å². The molecule has 1 aliphatic rings. The molecule has 20 heavy (non-hydrogen) atoms. The van der Waals surface area contributed by atoms with Gasteiger partial charge < -0.3 is 9.31 Å². The second-order valence-corrected chi connectivity index (χ2v) is 7.68. The smallest absolute Gasteiger partial charge is 0.398 e. The van der Waals surface area contributed by atoms with Gasteiger partial charge in [0.05, 0.1) is 28.7 Å². The van der Waals surface area contributed by atoms with Gasteiger partial charge in [-0.2, -0.15) is 0 Å². The van der Waals surface area contributed by atoms with Crippen LogP contribution >= 0.6 is 0 Å². The van der Waals surface area contributed by atoms with E-state index in [1.807, 2.05) is 27.7 Å². The molecule has 0 unspecified atom stereocenters. The van der Waals surface area contributed by atoms with Gasteiger partial charge in [-0.1, -0.05) is 0 Å². The molecule has 2 rings (SSSR count). The lowest BCUT2D eigenvalue weighted by Gasteiger charge is -2.32. The maximum atomic E-state index is 11.2. The van der Waals surface area contributed by atoms with E-state index in [0.29, 0.717) is 11.3 Å². The summed E-state index contributed by atoms with van der Waals surface area (Å²) in [7, 11) is -3.93. The van der Waals surface area contributed by atoms with Gasteiger partial charge in [-0.15, -0.1) is 0 Å². The van der Waals surface area contributed by atoms with Crippen LogP contribution in [-0.4, -0.2) is 38.0 Å². The number of nitrogens with zero attached hydrogens (tertiary/aromatic N) is 1. The summed E-state index contributed by atoms with van der Waals surface area (Å²) < 4.78 is 36.6. The molecule has 1 aliphatic heterocycles. The van der Waals surface area contributed by atoms with Gasteiger partial charge in [-0.3, -0.25) is 9.71 Å². The zero-order valence-electron chi connectivity index (χ0n) is 12.3. The van der Waals surface area contributed by atoms with Gasteiger partial charge in [-0.25, -0.2) is 8.42 Å². The van der Waals surface area contributed by atoms with Crippen LogP contribution in [0.25, 0.3) is 0 Å². The summed E-state index contributed by atoms with van der Waals surface area (Å²) in [6, 6.07) is 3.19. The van der Waals surface area contributed by atoms with E-state index in [2.05, 4.69) is 9.71 Å². The monoisotopic (exact) mass is 298 g/mol. The van der Waals surface area contributed by atoms with Gasteiger partial charge >= 0.3 is 7.12 Å². The number of aromatic nitrogens is 1. The summed E-state index contributed by atoms with van der Waals surface area (Å²) in [5, 5.41) is 0. The molecule has 1 N–H and O–H groups in total. The molecule has 0 bridgehead atoms. The summed E-state index contributed by atoms with van der Waals surface area (Å²) in [6.45, 7) is 7.80. The van der Waals surface area contributed by atoms with Gasteiger partial charge in [0.15, 0.2) is 0 Å². The molecule has 1 aromatic heterocycles. The molecule has 0 spiro atoms. The quantitative estimate of drug-likeness (QED) is 0.833. The lowest BCUT2D eigenvalue weighted by molar-refractivity contribution is 0.00578.